The Bertz CT molecular complexity index is 508. The lowest BCUT2D eigenvalue weighted by Crippen LogP contribution is -1.87. The fourth-order valence-electron chi connectivity index (χ4n) is 1.32. The van der Waals surface area contributed by atoms with Crippen LogP contribution in [0, 0.1) is 6.92 Å². The molecule has 5 heteroatoms. The number of phenolic OH excluding ortho intramolecular Hbond substituents is 1. The molecule has 0 atom stereocenters. The highest BCUT2D eigenvalue weighted by atomic mass is 35.5. The van der Waals surface area contributed by atoms with E-state index in [0.29, 0.717) is 16.7 Å². The summed E-state index contributed by atoms with van der Waals surface area (Å²) < 4.78 is 4.73. The van der Waals surface area contributed by atoms with E-state index >= 15 is 0 Å². The summed E-state index contributed by atoms with van der Waals surface area (Å²) in [5.41, 5.74) is 7.46. The number of nitrogens with zero attached hydrogens (tertiary/aromatic N) is 1. The topological polar surface area (TPSA) is 72.3 Å². The largest absolute Gasteiger partial charge is 0.506 e. The second kappa shape index (κ2) is 3.47. The molecule has 0 aliphatic carbocycles. The van der Waals surface area contributed by atoms with E-state index in [2.05, 4.69) is 5.16 Å². The molecule has 1 aromatic heterocycles. The Morgan fingerprint density at radius 1 is 1.40 bits per heavy atom. The molecule has 0 saturated heterocycles. The summed E-state index contributed by atoms with van der Waals surface area (Å²) in [6, 6.07) is 3.52. The first-order valence-corrected chi connectivity index (χ1v) is 4.67. The second-order valence-electron chi connectivity index (χ2n) is 3.20. The van der Waals surface area contributed by atoms with E-state index < -0.39 is 0 Å². The number of hydrogen-bond donors (Lipinski definition) is 2. The number of aromatic hydroxyl groups is 1. The summed E-state index contributed by atoms with van der Waals surface area (Å²) >= 11 is 5.99. The normalized spacial score (nSPS) is 10.5. The van der Waals surface area contributed by atoms with Crippen LogP contribution in [0.15, 0.2) is 22.9 Å². The number of halogens is 1. The maximum atomic E-state index is 9.65. The quantitative estimate of drug-likeness (QED) is 0.781. The molecular weight excluding hydrogens is 216 g/mol. The first-order valence-electron chi connectivity index (χ1n) is 4.30. The van der Waals surface area contributed by atoms with Crippen molar-refractivity contribution in [3.05, 3.63) is 28.9 Å². The number of benzene rings is 1. The average molecular weight is 225 g/mol. The number of anilines is 1. The van der Waals surface area contributed by atoms with Crippen molar-refractivity contribution in [2.24, 2.45) is 0 Å². The highest BCUT2D eigenvalue weighted by molar-refractivity contribution is 6.35. The van der Waals surface area contributed by atoms with Crippen molar-refractivity contribution in [2.45, 2.75) is 6.92 Å². The third-order valence-electron chi connectivity index (χ3n) is 2.21. The summed E-state index contributed by atoms with van der Waals surface area (Å²) in [7, 11) is 0. The standard InChI is InChI=1S/C10H9ClN2O2/c1-5-2-3-6(8(11)9(5)14)7-4-13-15-10(7)12/h2-4,14H,12H2,1H3. The van der Waals surface area contributed by atoms with E-state index in [1.807, 2.05) is 0 Å². The van der Waals surface area contributed by atoms with Gasteiger partial charge in [0.2, 0.25) is 5.88 Å². The van der Waals surface area contributed by atoms with Crippen LogP contribution in [0.4, 0.5) is 5.88 Å². The number of hydrogen-bond acceptors (Lipinski definition) is 4. The smallest absolute Gasteiger partial charge is 0.230 e. The molecule has 78 valence electrons. The van der Waals surface area contributed by atoms with Crippen molar-refractivity contribution < 1.29 is 9.63 Å². The van der Waals surface area contributed by atoms with E-state index in [4.69, 9.17) is 21.9 Å². The van der Waals surface area contributed by atoms with Gasteiger partial charge in [0, 0.05) is 5.56 Å². The first-order chi connectivity index (χ1) is 7.11. The lowest BCUT2D eigenvalue weighted by Gasteiger charge is -2.06. The van der Waals surface area contributed by atoms with Crippen molar-refractivity contribution in [1.29, 1.82) is 0 Å². The van der Waals surface area contributed by atoms with Gasteiger partial charge in [-0.15, -0.1) is 0 Å². The van der Waals surface area contributed by atoms with Crippen LogP contribution in [-0.4, -0.2) is 10.3 Å². The third-order valence-corrected chi connectivity index (χ3v) is 2.59. The Hall–Kier alpha value is -1.68. The molecule has 0 aliphatic heterocycles. The lowest BCUT2D eigenvalue weighted by molar-refractivity contribution is 0.436. The van der Waals surface area contributed by atoms with Gasteiger partial charge in [0.05, 0.1) is 16.8 Å². The minimum Gasteiger partial charge on any atom is -0.506 e. The summed E-state index contributed by atoms with van der Waals surface area (Å²) in [6.07, 6.45) is 1.46. The highest BCUT2D eigenvalue weighted by Gasteiger charge is 2.14. The van der Waals surface area contributed by atoms with Gasteiger partial charge >= 0.3 is 0 Å². The first kappa shape index (κ1) is 9.86. The van der Waals surface area contributed by atoms with Gasteiger partial charge in [-0.1, -0.05) is 28.9 Å². The molecule has 3 N–H and O–H groups in total. The zero-order valence-electron chi connectivity index (χ0n) is 7.99. The fourth-order valence-corrected chi connectivity index (χ4v) is 1.63. The maximum Gasteiger partial charge on any atom is 0.230 e. The molecule has 0 fully saturated rings. The van der Waals surface area contributed by atoms with Crippen LogP contribution in [-0.2, 0) is 0 Å². The van der Waals surface area contributed by atoms with Crippen LogP contribution < -0.4 is 5.73 Å². The maximum absolute atomic E-state index is 9.65. The number of nitrogen functional groups attached to an aromatic ring is 1. The zero-order valence-corrected chi connectivity index (χ0v) is 8.75. The van der Waals surface area contributed by atoms with Crippen LogP contribution in [0.2, 0.25) is 5.02 Å². The summed E-state index contributed by atoms with van der Waals surface area (Å²) in [4.78, 5) is 0. The van der Waals surface area contributed by atoms with E-state index in [-0.39, 0.29) is 16.7 Å². The molecule has 0 aliphatic rings. The number of aryl methyl sites for hydroxylation is 1. The van der Waals surface area contributed by atoms with Crippen LogP contribution in [0.3, 0.4) is 0 Å². The van der Waals surface area contributed by atoms with Crippen LogP contribution in [0.5, 0.6) is 5.75 Å². The lowest BCUT2D eigenvalue weighted by atomic mass is 10.1. The van der Waals surface area contributed by atoms with E-state index in [1.54, 1.807) is 19.1 Å². The van der Waals surface area contributed by atoms with E-state index in [0.717, 1.165) is 0 Å². The number of nitrogens with two attached hydrogens (primary N) is 1. The van der Waals surface area contributed by atoms with Crippen LogP contribution in [0.1, 0.15) is 5.56 Å². The average Bonchev–Trinajstić information content (AvgIpc) is 2.62. The van der Waals surface area contributed by atoms with Crippen molar-refractivity contribution >= 4 is 17.5 Å². The predicted octanol–water partition coefficient (Wildman–Crippen LogP) is 2.59. The van der Waals surface area contributed by atoms with Crippen molar-refractivity contribution in [3.63, 3.8) is 0 Å². The van der Waals surface area contributed by atoms with Gasteiger partial charge in [-0.25, -0.2) is 0 Å². The van der Waals surface area contributed by atoms with Gasteiger partial charge in [0.25, 0.3) is 0 Å². The number of aromatic nitrogens is 1. The van der Waals surface area contributed by atoms with Crippen LogP contribution >= 0.6 is 11.6 Å². The molecule has 2 aromatic rings. The van der Waals surface area contributed by atoms with Crippen molar-refractivity contribution in [2.75, 3.05) is 5.73 Å². The monoisotopic (exact) mass is 224 g/mol. The molecule has 2 rings (SSSR count). The van der Waals surface area contributed by atoms with Gasteiger partial charge in [0.1, 0.15) is 5.75 Å². The molecule has 0 amide bonds. The third kappa shape index (κ3) is 1.53. The van der Waals surface area contributed by atoms with Gasteiger partial charge in [-0.05, 0) is 12.5 Å². The molecule has 0 radical (unpaired) electrons. The molecule has 1 heterocycles. The Labute approximate surface area is 91.3 Å². The number of rotatable bonds is 1. The van der Waals surface area contributed by atoms with Gasteiger partial charge in [-0.3, -0.25) is 0 Å². The Morgan fingerprint density at radius 2 is 2.13 bits per heavy atom. The van der Waals surface area contributed by atoms with Crippen molar-refractivity contribution in [3.8, 4) is 16.9 Å². The molecule has 0 bridgehead atoms. The van der Waals surface area contributed by atoms with E-state index in [9.17, 15) is 5.11 Å². The highest BCUT2D eigenvalue weighted by Crippen LogP contribution is 2.38. The zero-order chi connectivity index (χ0) is 11.0. The number of phenols is 1. The SMILES string of the molecule is Cc1ccc(-c2cnoc2N)c(Cl)c1O. The summed E-state index contributed by atoms with van der Waals surface area (Å²) in [5.74, 6) is 0.231. The van der Waals surface area contributed by atoms with E-state index in [1.165, 1.54) is 6.20 Å². The van der Waals surface area contributed by atoms with Crippen LogP contribution in [0.25, 0.3) is 11.1 Å². The van der Waals surface area contributed by atoms with Gasteiger partial charge < -0.3 is 15.4 Å². The molecule has 4 nitrogen and oxygen atoms in total. The molecule has 0 unspecified atom stereocenters. The second-order valence-corrected chi connectivity index (χ2v) is 3.57. The summed E-state index contributed by atoms with van der Waals surface area (Å²) in [6.45, 7) is 1.77. The molecule has 0 spiro atoms. The molecule has 1 aromatic carbocycles. The Morgan fingerprint density at radius 3 is 2.73 bits per heavy atom. The fraction of sp³-hybridized carbons (Fsp3) is 0.100. The van der Waals surface area contributed by atoms with Gasteiger partial charge in [-0.2, -0.15) is 0 Å². The van der Waals surface area contributed by atoms with Gasteiger partial charge in [0.15, 0.2) is 0 Å². The minimum atomic E-state index is 0.0507. The minimum absolute atomic E-state index is 0.0507. The molecule has 15 heavy (non-hydrogen) atoms. The molecular formula is C10H9ClN2O2. The summed E-state index contributed by atoms with van der Waals surface area (Å²) in [5, 5.41) is 13.5. The Kier molecular flexibility index (Phi) is 2.28. The Balaban J connectivity index is 2.65. The predicted molar refractivity (Wildman–Crippen MR) is 57.8 cm³/mol. The van der Waals surface area contributed by atoms with Crippen molar-refractivity contribution in [1.82, 2.24) is 5.16 Å². The molecule has 0 saturated carbocycles.